The zero-order valence-electron chi connectivity index (χ0n) is 15.7. The van der Waals surface area contributed by atoms with Crippen molar-refractivity contribution in [2.24, 2.45) is 19.1 Å². The average Bonchev–Trinajstić information content (AvgIpc) is 2.98. The summed E-state index contributed by atoms with van der Waals surface area (Å²) in [5, 5.41) is 19.4. The Bertz CT molecular complexity index is 725. The van der Waals surface area contributed by atoms with Crippen molar-refractivity contribution in [3.8, 4) is 0 Å². The molecule has 0 amide bonds. The monoisotopic (exact) mass is 332 g/mol. The Morgan fingerprint density at radius 2 is 1.92 bits per heavy atom. The minimum absolute atomic E-state index is 0.235. The Labute approximate surface area is 143 Å². The van der Waals surface area contributed by atoms with Crippen LogP contribution in [0.4, 0.5) is 0 Å². The molecule has 0 aromatic carbocycles. The first-order chi connectivity index (χ1) is 11.3. The quantitative estimate of drug-likeness (QED) is 0.624. The number of nitrogens with one attached hydrogen (secondary N) is 2. The number of nitrogens with zero attached hydrogens (tertiary/aromatic N) is 6. The van der Waals surface area contributed by atoms with Crippen molar-refractivity contribution in [2.75, 3.05) is 7.05 Å². The maximum Gasteiger partial charge on any atom is 0.191 e. The molecule has 2 N–H and O–H groups in total. The SMILES string of the molecule is CN=C(NCc1nnc(C)n1C)NC(C)Cc1c(C)nn(C)c1C. The Hall–Kier alpha value is -2.38. The molecule has 0 spiro atoms. The van der Waals surface area contributed by atoms with E-state index in [1.165, 1.54) is 11.3 Å². The van der Waals surface area contributed by atoms with Crippen molar-refractivity contribution in [3.05, 3.63) is 28.6 Å². The van der Waals surface area contributed by atoms with Crippen LogP contribution in [0, 0.1) is 20.8 Å². The molecule has 1 atom stereocenters. The van der Waals surface area contributed by atoms with E-state index in [1.807, 2.05) is 30.3 Å². The summed E-state index contributed by atoms with van der Waals surface area (Å²) < 4.78 is 3.90. The minimum Gasteiger partial charge on any atom is -0.354 e. The maximum atomic E-state index is 4.48. The van der Waals surface area contributed by atoms with Gasteiger partial charge in [-0.3, -0.25) is 9.67 Å². The highest BCUT2D eigenvalue weighted by Gasteiger charge is 2.14. The Kier molecular flexibility index (Phi) is 5.58. The zero-order chi connectivity index (χ0) is 17.9. The highest BCUT2D eigenvalue weighted by molar-refractivity contribution is 5.79. The summed E-state index contributed by atoms with van der Waals surface area (Å²) in [6, 6.07) is 0.235. The first-order valence-corrected chi connectivity index (χ1v) is 8.14. The number of aryl methyl sites for hydroxylation is 3. The molecular formula is C16H28N8. The highest BCUT2D eigenvalue weighted by Crippen LogP contribution is 2.14. The van der Waals surface area contributed by atoms with E-state index >= 15 is 0 Å². The lowest BCUT2D eigenvalue weighted by Gasteiger charge is -2.18. The fourth-order valence-corrected chi connectivity index (χ4v) is 2.67. The van der Waals surface area contributed by atoms with Crippen molar-refractivity contribution in [2.45, 2.75) is 46.7 Å². The molecule has 24 heavy (non-hydrogen) atoms. The molecule has 0 radical (unpaired) electrons. The number of hydrogen-bond donors (Lipinski definition) is 2. The second-order valence-electron chi connectivity index (χ2n) is 6.17. The molecule has 0 aliphatic heterocycles. The van der Waals surface area contributed by atoms with Gasteiger partial charge in [-0.1, -0.05) is 0 Å². The number of guanidine groups is 1. The predicted octanol–water partition coefficient (Wildman–Crippen LogP) is 0.770. The summed E-state index contributed by atoms with van der Waals surface area (Å²) in [7, 11) is 5.71. The summed E-state index contributed by atoms with van der Waals surface area (Å²) in [6.07, 6.45) is 0.898. The highest BCUT2D eigenvalue weighted by atomic mass is 15.3. The molecule has 2 heterocycles. The van der Waals surface area contributed by atoms with Gasteiger partial charge in [0.05, 0.1) is 12.2 Å². The van der Waals surface area contributed by atoms with Crippen LogP contribution in [0.2, 0.25) is 0 Å². The molecule has 0 fully saturated rings. The van der Waals surface area contributed by atoms with E-state index in [2.05, 4.69) is 51.7 Å². The van der Waals surface area contributed by atoms with Crippen LogP contribution >= 0.6 is 0 Å². The second-order valence-corrected chi connectivity index (χ2v) is 6.17. The van der Waals surface area contributed by atoms with Gasteiger partial charge in [0.15, 0.2) is 11.8 Å². The Morgan fingerprint density at radius 1 is 1.21 bits per heavy atom. The Balaban J connectivity index is 1.93. The third-order valence-corrected chi connectivity index (χ3v) is 4.37. The molecule has 132 valence electrons. The van der Waals surface area contributed by atoms with Crippen LogP contribution in [0.5, 0.6) is 0 Å². The molecule has 2 aromatic rings. The molecule has 1 unspecified atom stereocenters. The van der Waals surface area contributed by atoms with Gasteiger partial charge in [-0.05, 0) is 39.7 Å². The third kappa shape index (κ3) is 3.93. The largest absolute Gasteiger partial charge is 0.354 e. The van der Waals surface area contributed by atoms with Gasteiger partial charge in [0.2, 0.25) is 0 Å². The molecular weight excluding hydrogens is 304 g/mol. The first-order valence-electron chi connectivity index (χ1n) is 8.14. The van der Waals surface area contributed by atoms with Gasteiger partial charge >= 0.3 is 0 Å². The molecule has 8 nitrogen and oxygen atoms in total. The van der Waals surface area contributed by atoms with Crippen molar-refractivity contribution in [1.82, 2.24) is 35.2 Å². The van der Waals surface area contributed by atoms with E-state index in [4.69, 9.17) is 0 Å². The second kappa shape index (κ2) is 7.46. The lowest BCUT2D eigenvalue weighted by molar-refractivity contribution is 0.628. The van der Waals surface area contributed by atoms with Gasteiger partial charge in [-0.15, -0.1) is 10.2 Å². The molecule has 0 aliphatic rings. The fourth-order valence-electron chi connectivity index (χ4n) is 2.67. The van der Waals surface area contributed by atoms with Crippen LogP contribution in [0.25, 0.3) is 0 Å². The number of aromatic nitrogens is 5. The summed E-state index contributed by atoms with van der Waals surface area (Å²) in [6.45, 7) is 8.81. The van der Waals surface area contributed by atoms with Gasteiger partial charge in [-0.2, -0.15) is 5.10 Å². The first kappa shape index (κ1) is 18.0. The molecule has 0 saturated carbocycles. The van der Waals surface area contributed by atoms with E-state index in [9.17, 15) is 0 Å². The van der Waals surface area contributed by atoms with Crippen LogP contribution in [-0.2, 0) is 27.1 Å². The standard InChI is InChI=1S/C16H28N8/c1-10(8-14-11(2)22-24(7)12(14)3)19-16(17-5)18-9-15-21-20-13(4)23(15)6/h10H,8-9H2,1-7H3,(H2,17,18,19). The summed E-state index contributed by atoms with van der Waals surface area (Å²) in [4.78, 5) is 4.29. The van der Waals surface area contributed by atoms with Crippen LogP contribution in [0.15, 0.2) is 4.99 Å². The number of rotatable bonds is 5. The van der Waals surface area contributed by atoms with E-state index in [0.717, 1.165) is 29.7 Å². The fraction of sp³-hybridized carbons (Fsp3) is 0.625. The molecule has 0 saturated heterocycles. The van der Waals surface area contributed by atoms with Crippen molar-refractivity contribution < 1.29 is 0 Å². The molecule has 0 bridgehead atoms. The van der Waals surface area contributed by atoms with Crippen molar-refractivity contribution in [1.29, 1.82) is 0 Å². The average molecular weight is 332 g/mol. The van der Waals surface area contributed by atoms with Gasteiger partial charge in [0.1, 0.15) is 5.82 Å². The van der Waals surface area contributed by atoms with Crippen LogP contribution in [0.1, 0.15) is 35.5 Å². The van der Waals surface area contributed by atoms with Crippen LogP contribution in [-0.4, -0.2) is 43.6 Å². The summed E-state index contributed by atoms with van der Waals surface area (Å²) >= 11 is 0. The van der Waals surface area contributed by atoms with E-state index < -0.39 is 0 Å². The molecule has 2 aromatic heterocycles. The van der Waals surface area contributed by atoms with E-state index in [0.29, 0.717) is 6.54 Å². The molecule has 2 rings (SSSR count). The van der Waals surface area contributed by atoms with Crippen LogP contribution in [0.3, 0.4) is 0 Å². The van der Waals surface area contributed by atoms with Gasteiger partial charge < -0.3 is 15.2 Å². The lowest BCUT2D eigenvalue weighted by atomic mass is 10.1. The summed E-state index contributed by atoms with van der Waals surface area (Å²) in [5.74, 6) is 2.52. The Morgan fingerprint density at radius 3 is 2.42 bits per heavy atom. The summed E-state index contributed by atoms with van der Waals surface area (Å²) in [5.41, 5.74) is 3.58. The van der Waals surface area contributed by atoms with Gasteiger partial charge in [0.25, 0.3) is 0 Å². The molecule has 8 heteroatoms. The predicted molar refractivity (Wildman–Crippen MR) is 94.9 cm³/mol. The zero-order valence-corrected chi connectivity index (χ0v) is 15.7. The third-order valence-electron chi connectivity index (χ3n) is 4.37. The van der Waals surface area contributed by atoms with Crippen molar-refractivity contribution in [3.63, 3.8) is 0 Å². The normalized spacial score (nSPS) is 13.2. The molecule has 0 aliphatic carbocycles. The van der Waals surface area contributed by atoms with E-state index in [1.54, 1.807) is 7.05 Å². The topological polar surface area (TPSA) is 84.9 Å². The number of hydrogen-bond acceptors (Lipinski definition) is 4. The van der Waals surface area contributed by atoms with E-state index in [-0.39, 0.29) is 6.04 Å². The van der Waals surface area contributed by atoms with Crippen LogP contribution < -0.4 is 10.6 Å². The van der Waals surface area contributed by atoms with Gasteiger partial charge in [-0.25, -0.2) is 0 Å². The lowest BCUT2D eigenvalue weighted by Crippen LogP contribution is -2.43. The van der Waals surface area contributed by atoms with Crippen molar-refractivity contribution >= 4 is 5.96 Å². The number of aliphatic imine (C=N–C) groups is 1. The maximum absolute atomic E-state index is 4.48. The van der Waals surface area contributed by atoms with Gasteiger partial charge in [0, 0.05) is 32.9 Å². The minimum atomic E-state index is 0.235. The smallest absolute Gasteiger partial charge is 0.191 e.